The average molecular weight is 352 g/mol. The van der Waals surface area contributed by atoms with E-state index in [1.807, 2.05) is 51.1 Å². The van der Waals surface area contributed by atoms with Crippen LogP contribution in [0, 0.1) is 5.41 Å². The van der Waals surface area contributed by atoms with E-state index in [0.29, 0.717) is 5.69 Å². The highest BCUT2D eigenvalue weighted by atomic mass is 16.5. The quantitative estimate of drug-likeness (QED) is 0.748. The van der Waals surface area contributed by atoms with Crippen LogP contribution in [0.5, 0.6) is 0 Å². The molecule has 3 aromatic rings. The van der Waals surface area contributed by atoms with Crippen molar-refractivity contribution in [2.45, 2.75) is 27.2 Å². The van der Waals surface area contributed by atoms with Crippen LogP contribution in [0.25, 0.3) is 22.3 Å². The molecule has 0 spiro atoms. The maximum absolute atomic E-state index is 12.2. The van der Waals surface area contributed by atoms with E-state index in [9.17, 15) is 9.59 Å². The van der Waals surface area contributed by atoms with Crippen molar-refractivity contribution in [1.29, 1.82) is 0 Å². The number of hydrogen-bond acceptors (Lipinski definition) is 5. The summed E-state index contributed by atoms with van der Waals surface area (Å²) < 4.78 is 5.19. The number of anilines is 1. The number of carbonyl (C=O) groups is 2. The largest absolute Gasteiger partial charge is 0.365 e. The fourth-order valence-electron chi connectivity index (χ4n) is 2.63. The lowest BCUT2D eigenvalue weighted by molar-refractivity contribution is -0.117. The predicted octanol–water partition coefficient (Wildman–Crippen LogP) is 3.36. The van der Waals surface area contributed by atoms with Gasteiger partial charge in [0.15, 0.2) is 0 Å². The van der Waals surface area contributed by atoms with Gasteiger partial charge in [0, 0.05) is 11.8 Å². The smallest absolute Gasteiger partial charge is 0.256 e. The second-order valence-electron chi connectivity index (χ2n) is 7.27. The van der Waals surface area contributed by atoms with Crippen molar-refractivity contribution in [2.75, 3.05) is 5.32 Å². The number of nitrogens with one attached hydrogen (secondary N) is 1. The van der Waals surface area contributed by atoms with Gasteiger partial charge in [-0.2, -0.15) is 0 Å². The van der Waals surface area contributed by atoms with E-state index in [1.54, 1.807) is 6.07 Å². The number of rotatable bonds is 4. The fraction of sp³-hybridized carbons (Fsp3) is 0.263. The molecule has 1 aromatic carbocycles. The molecule has 0 radical (unpaired) electrons. The molecule has 3 N–H and O–H groups in total. The number of amides is 2. The minimum atomic E-state index is -0.748. The monoisotopic (exact) mass is 352 g/mol. The van der Waals surface area contributed by atoms with Crippen molar-refractivity contribution >= 4 is 28.6 Å². The van der Waals surface area contributed by atoms with Crippen LogP contribution < -0.4 is 11.1 Å². The number of benzene rings is 1. The topological polar surface area (TPSA) is 111 Å². The zero-order valence-electron chi connectivity index (χ0n) is 14.9. The molecule has 0 aliphatic rings. The van der Waals surface area contributed by atoms with Gasteiger partial charge in [-0.1, -0.05) is 50.2 Å². The number of hydrogen-bond donors (Lipinski definition) is 2. The molecule has 0 saturated heterocycles. The number of nitrogens with zero attached hydrogens (tertiary/aromatic N) is 2. The number of carbonyl (C=O) groups excluding carboxylic acids is 2. The summed E-state index contributed by atoms with van der Waals surface area (Å²) in [4.78, 5) is 28.6. The van der Waals surface area contributed by atoms with E-state index in [2.05, 4.69) is 15.5 Å². The maximum atomic E-state index is 12.2. The van der Waals surface area contributed by atoms with E-state index in [0.717, 1.165) is 10.9 Å². The first-order valence-electron chi connectivity index (χ1n) is 8.20. The molecule has 2 heterocycles. The Hall–Kier alpha value is -3.22. The Bertz CT molecular complexity index is 986. The van der Waals surface area contributed by atoms with Gasteiger partial charge in [0.25, 0.3) is 5.91 Å². The molecule has 3 rings (SSSR count). The third-order valence-corrected chi connectivity index (χ3v) is 3.72. The Morgan fingerprint density at radius 2 is 1.88 bits per heavy atom. The Kier molecular flexibility index (Phi) is 4.46. The molecule has 0 aliphatic heterocycles. The average Bonchev–Trinajstić information content (AvgIpc) is 2.96. The van der Waals surface area contributed by atoms with Crippen LogP contribution in [0.3, 0.4) is 0 Å². The summed E-state index contributed by atoms with van der Waals surface area (Å²) in [5, 5.41) is 7.45. The van der Waals surface area contributed by atoms with Gasteiger partial charge in [0.05, 0.1) is 11.2 Å². The summed E-state index contributed by atoms with van der Waals surface area (Å²) in [5.41, 5.74) is 6.69. The summed E-state index contributed by atoms with van der Waals surface area (Å²) >= 11 is 0. The number of fused-ring (bicyclic) bond motifs is 1. The minimum absolute atomic E-state index is 0.00930. The van der Waals surface area contributed by atoms with Crippen molar-refractivity contribution in [3.05, 3.63) is 42.0 Å². The zero-order valence-corrected chi connectivity index (χ0v) is 14.9. The molecule has 0 fully saturated rings. The van der Waals surface area contributed by atoms with E-state index in [1.165, 1.54) is 0 Å². The van der Waals surface area contributed by atoms with Crippen molar-refractivity contribution in [3.63, 3.8) is 0 Å². The van der Waals surface area contributed by atoms with Crippen LogP contribution in [0.15, 0.2) is 40.9 Å². The standard InChI is InChI=1S/C19H20N4O3/c1-19(2,3)10-14(24)22-18-15(17(20)25)16(23-26-18)13-9-8-11-6-4-5-7-12(11)21-13/h4-9H,10H2,1-3H3,(H2,20,25)(H,22,24). The highest BCUT2D eigenvalue weighted by molar-refractivity contribution is 6.06. The molecule has 7 heteroatoms. The number of nitrogens with two attached hydrogens (primary N) is 1. The second kappa shape index (κ2) is 6.59. The summed E-state index contributed by atoms with van der Waals surface area (Å²) in [6.07, 6.45) is 0.259. The van der Waals surface area contributed by atoms with Gasteiger partial charge in [-0.3, -0.25) is 14.9 Å². The van der Waals surface area contributed by atoms with Crippen LogP contribution in [0.1, 0.15) is 37.6 Å². The van der Waals surface area contributed by atoms with Crippen molar-refractivity contribution in [1.82, 2.24) is 10.1 Å². The molecule has 0 unspecified atom stereocenters. The first-order chi connectivity index (χ1) is 12.2. The normalized spacial score (nSPS) is 11.5. The molecule has 0 atom stereocenters. The van der Waals surface area contributed by atoms with Crippen LogP contribution >= 0.6 is 0 Å². The lowest BCUT2D eigenvalue weighted by atomic mass is 9.92. The highest BCUT2D eigenvalue weighted by Gasteiger charge is 2.26. The lowest BCUT2D eigenvalue weighted by Gasteiger charge is -2.16. The Labute approximate surface area is 150 Å². The van der Waals surface area contributed by atoms with Gasteiger partial charge < -0.3 is 10.3 Å². The number of para-hydroxylation sites is 1. The maximum Gasteiger partial charge on any atom is 0.256 e. The Balaban J connectivity index is 1.98. The van der Waals surface area contributed by atoms with Gasteiger partial charge in [0.1, 0.15) is 11.3 Å². The van der Waals surface area contributed by atoms with Crippen LogP contribution in [-0.2, 0) is 4.79 Å². The van der Waals surface area contributed by atoms with E-state index >= 15 is 0 Å². The molecule has 26 heavy (non-hydrogen) atoms. The molecule has 134 valence electrons. The van der Waals surface area contributed by atoms with Crippen LogP contribution in [0.4, 0.5) is 5.88 Å². The molecular weight excluding hydrogens is 332 g/mol. The molecule has 2 amide bonds. The first-order valence-corrected chi connectivity index (χ1v) is 8.20. The van der Waals surface area contributed by atoms with Crippen molar-refractivity contribution in [2.24, 2.45) is 11.1 Å². The van der Waals surface area contributed by atoms with Gasteiger partial charge in [-0.25, -0.2) is 4.98 Å². The van der Waals surface area contributed by atoms with Gasteiger partial charge in [-0.15, -0.1) is 0 Å². The molecular formula is C19H20N4O3. The van der Waals surface area contributed by atoms with Gasteiger partial charge in [0.2, 0.25) is 11.8 Å². The van der Waals surface area contributed by atoms with Crippen LogP contribution in [-0.4, -0.2) is 22.0 Å². The van der Waals surface area contributed by atoms with Crippen molar-refractivity contribution < 1.29 is 14.1 Å². The second-order valence-corrected chi connectivity index (χ2v) is 7.27. The third kappa shape index (κ3) is 3.72. The number of primary amides is 1. The summed E-state index contributed by atoms with van der Waals surface area (Å²) in [6, 6.07) is 11.2. The zero-order chi connectivity index (χ0) is 18.9. The van der Waals surface area contributed by atoms with E-state index in [-0.39, 0.29) is 34.9 Å². The van der Waals surface area contributed by atoms with E-state index in [4.69, 9.17) is 10.3 Å². The predicted molar refractivity (Wildman–Crippen MR) is 98.5 cm³/mol. The van der Waals surface area contributed by atoms with Crippen LogP contribution in [0.2, 0.25) is 0 Å². The fourth-order valence-corrected chi connectivity index (χ4v) is 2.63. The molecule has 7 nitrogen and oxygen atoms in total. The third-order valence-electron chi connectivity index (χ3n) is 3.72. The summed E-state index contributed by atoms with van der Waals surface area (Å²) in [5.74, 6) is -1.09. The van der Waals surface area contributed by atoms with E-state index < -0.39 is 5.91 Å². The molecule has 0 bridgehead atoms. The first kappa shape index (κ1) is 17.6. The highest BCUT2D eigenvalue weighted by Crippen LogP contribution is 2.29. The Morgan fingerprint density at radius 3 is 2.58 bits per heavy atom. The molecule has 2 aromatic heterocycles. The van der Waals surface area contributed by atoms with Gasteiger partial charge >= 0.3 is 0 Å². The molecule has 0 aliphatic carbocycles. The summed E-state index contributed by atoms with van der Waals surface area (Å²) in [7, 11) is 0. The molecule has 0 saturated carbocycles. The SMILES string of the molecule is CC(C)(C)CC(=O)Nc1onc(-c2ccc3ccccc3n2)c1C(N)=O. The van der Waals surface area contributed by atoms with Crippen molar-refractivity contribution in [3.8, 4) is 11.4 Å². The van der Waals surface area contributed by atoms with Gasteiger partial charge in [-0.05, 0) is 17.5 Å². The summed E-state index contributed by atoms with van der Waals surface area (Å²) in [6.45, 7) is 5.81. The number of aromatic nitrogens is 2. The minimum Gasteiger partial charge on any atom is -0.365 e. The number of pyridine rings is 1. The lowest BCUT2D eigenvalue weighted by Crippen LogP contribution is -2.21. The Morgan fingerprint density at radius 1 is 1.15 bits per heavy atom.